The summed E-state index contributed by atoms with van der Waals surface area (Å²) in [4.78, 5) is 11.1. The van der Waals surface area contributed by atoms with E-state index < -0.39 is 36.5 Å². The second-order valence-corrected chi connectivity index (χ2v) is 3.50. The number of rotatable bonds is 1. The number of amides is 1. The molecule has 0 spiro atoms. The minimum Gasteiger partial charge on any atom is -0.358 e. The lowest BCUT2D eigenvalue weighted by atomic mass is 9.84. The number of halogens is 4. The molecule has 2 atom stereocenters. The van der Waals surface area contributed by atoms with E-state index in [1.165, 1.54) is 0 Å². The Morgan fingerprint density at radius 3 is 2.36 bits per heavy atom. The van der Waals surface area contributed by atoms with Gasteiger partial charge >= 0.3 is 6.18 Å². The Kier molecular flexibility index (Phi) is 2.74. The Morgan fingerprint density at radius 1 is 1.50 bits per heavy atom. The number of alkyl halides is 4. The van der Waals surface area contributed by atoms with Crippen molar-refractivity contribution in [3.8, 4) is 0 Å². The van der Waals surface area contributed by atoms with E-state index >= 15 is 0 Å². The van der Waals surface area contributed by atoms with Gasteiger partial charge in [0.05, 0.1) is 0 Å². The molecule has 0 saturated heterocycles. The third-order valence-electron chi connectivity index (χ3n) is 2.66. The zero-order chi connectivity index (χ0) is 11.0. The van der Waals surface area contributed by atoms with Crippen LogP contribution in [-0.4, -0.2) is 25.3 Å². The van der Waals surface area contributed by atoms with Crippen LogP contribution >= 0.6 is 0 Å². The molecule has 1 aliphatic rings. The second kappa shape index (κ2) is 3.40. The van der Waals surface area contributed by atoms with Gasteiger partial charge in [-0.2, -0.15) is 13.2 Å². The Balaban J connectivity index is 2.98. The minimum atomic E-state index is -4.67. The first-order chi connectivity index (χ1) is 6.33. The maximum Gasteiger partial charge on any atom is 0.403 e. The van der Waals surface area contributed by atoms with Gasteiger partial charge in [0, 0.05) is 13.5 Å². The van der Waals surface area contributed by atoms with Gasteiger partial charge < -0.3 is 5.32 Å². The molecule has 1 amide bonds. The molecule has 1 aliphatic carbocycles. The van der Waals surface area contributed by atoms with Gasteiger partial charge in [0.15, 0.2) is 0 Å². The average Bonchev–Trinajstić information content (AvgIpc) is 2.46. The molecule has 1 rings (SSSR count). The smallest absolute Gasteiger partial charge is 0.358 e. The molecule has 0 aromatic heterocycles. The van der Waals surface area contributed by atoms with Crippen molar-refractivity contribution in [2.24, 2.45) is 5.41 Å². The lowest BCUT2D eigenvalue weighted by molar-refractivity contribution is -0.220. The molecule has 1 fully saturated rings. The fourth-order valence-electron chi connectivity index (χ4n) is 1.82. The third kappa shape index (κ3) is 1.57. The number of hydrogen-bond acceptors (Lipinski definition) is 1. The predicted molar refractivity (Wildman–Crippen MR) is 41.3 cm³/mol. The Hall–Kier alpha value is -0.810. The Morgan fingerprint density at radius 2 is 2.07 bits per heavy atom. The number of hydrogen-bond donors (Lipinski definition) is 1. The lowest BCUT2D eigenvalue weighted by Crippen LogP contribution is -2.48. The van der Waals surface area contributed by atoms with Gasteiger partial charge in [-0.1, -0.05) is 0 Å². The first-order valence-corrected chi connectivity index (χ1v) is 4.26. The molecule has 0 aliphatic heterocycles. The lowest BCUT2D eigenvalue weighted by Gasteiger charge is -2.29. The maximum absolute atomic E-state index is 12.8. The molecule has 0 aromatic carbocycles. The predicted octanol–water partition coefficient (Wildman–Crippen LogP) is 1.80. The molecule has 0 heterocycles. The molecule has 0 bridgehead atoms. The summed E-state index contributed by atoms with van der Waals surface area (Å²) < 4.78 is 50.6. The summed E-state index contributed by atoms with van der Waals surface area (Å²) in [7, 11) is 1.13. The highest BCUT2D eigenvalue weighted by Gasteiger charge is 2.63. The van der Waals surface area contributed by atoms with Crippen LogP contribution < -0.4 is 5.32 Å². The van der Waals surface area contributed by atoms with E-state index in [9.17, 15) is 22.4 Å². The van der Waals surface area contributed by atoms with Crippen LogP contribution in [0.15, 0.2) is 0 Å². The normalized spacial score (nSPS) is 33.1. The van der Waals surface area contributed by atoms with Gasteiger partial charge in [0.1, 0.15) is 11.6 Å². The van der Waals surface area contributed by atoms with Crippen LogP contribution in [-0.2, 0) is 4.79 Å². The van der Waals surface area contributed by atoms with Gasteiger partial charge in [0.25, 0.3) is 0 Å². The molecule has 6 heteroatoms. The van der Waals surface area contributed by atoms with Crippen molar-refractivity contribution in [2.75, 3.05) is 7.05 Å². The highest BCUT2D eigenvalue weighted by molar-refractivity contribution is 5.83. The van der Waals surface area contributed by atoms with Crippen molar-refractivity contribution < 1.29 is 22.4 Å². The zero-order valence-electron chi connectivity index (χ0n) is 7.62. The topological polar surface area (TPSA) is 29.1 Å². The van der Waals surface area contributed by atoms with Gasteiger partial charge in [-0.25, -0.2) is 4.39 Å². The molecule has 82 valence electrons. The van der Waals surface area contributed by atoms with E-state index in [2.05, 4.69) is 0 Å². The molecule has 1 N–H and O–H groups in total. The van der Waals surface area contributed by atoms with Crippen molar-refractivity contribution >= 4 is 5.91 Å². The molecular weight excluding hydrogens is 202 g/mol. The monoisotopic (exact) mass is 213 g/mol. The van der Waals surface area contributed by atoms with Crippen molar-refractivity contribution in [2.45, 2.75) is 31.6 Å². The summed E-state index contributed by atoms with van der Waals surface area (Å²) in [6.45, 7) is 0. The molecule has 0 aromatic rings. The third-order valence-corrected chi connectivity index (χ3v) is 2.66. The molecule has 14 heavy (non-hydrogen) atoms. The van der Waals surface area contributed by atoms with Crippen LogP contribution in [0.3, 0.4) is 0 Å². The Bertz CT molecular complexity index is 240. The average molecular weight is 213 g/mol. The van der Waals surface area contributed by atoms with Crippen LogP contribution in [0, 0.1) is 5.41 Å². The van der Waals surface area contributed by atoms with Crippen LogP contribution in [0.5, 0.6) is 0 Å². The van der Waals surface area contributed by atoms with Crippen LogP contribution in [0.4, 0.5) is 17.6 Å². The van der Waals surface area contributed by atoms with Crippen LogP contribution in [0.25, 0.3) is 0 Å². The quantitative estimate of drug-likeness (QED) is 0.661. The van der Waals surface area contributed by atoms with Crippen molar-refractivity contribution in [1.29, 1.82) is 0 Å². The van der Waals surface area contributed by atoms with E-state index in [1.54, 1.807) is 0 Å². The van der Waals surface area contributed by atoms with E-state index in [0.29, 0.717) is 0 Å². The number of carbonyl (C=O) groups excluding carboxylic acids is 1. The largest absolute Gasteiger partial charge is 0.403 e. The summed E-state index contributed by atoms with van der Waals surface area (Å²) in [5.74, 6) is -1.13. The van der Waals surface area contributed by atoms with Crippen molar-refractivity contribution in [1.82, 2.24) is 5.32 Å². The number of carbonyl (C=O) groups is 1. The van der Waals surface area contributed by atoms with Crippen LogP contribution in [0.1, 0.15) is 19.3 Å². The van der Waals surface area contributed by atoms with Crippen molar-refractivity contribution in [3.05, 3.63) is 0 Å². The van der Waals surface area contributed by atoms with E-state index in [1.807, 2.05) is 5.32 Å². The fraction of sp³-hybridized carbons (Fsp3) is 0.875. The zero-order valence-corrected chi connectivity index (χ0v) is 7.62. The van der Waals surface area contributed by atoms with Crippen LogP contribution in [0.2, 0.25) is 0 Å². The van der Waals surface area contributed by atoms with Crippen molar-refractivity contribution in [3.63, 3.8) is 0 Å². The summed E-state index contributed by atoms with van der Waals surface area (Å²) in [5.41, 5.74) is -2.51. The summed E-state index contributed by atoms with van der Waals surface area (Å²) >= 11 is 0. The molecule has 1 saturated carbocycles. The number of nitrogens with one attached hydrogen (secondary N) is 1. The standard InChI is InChI=1S/C8H11F4NO/c1-13-6(14)7(8(10,11)12)3-2-5(9)4-7/h5H,2-4H2,1H3,(H,13,14)/t5-,7?/m0/s1. The maximum atomic E-state index is 12.8. The molecular formula is C8H11F4NO. The first-order valence-electron chi connectivity index (χ1n) is 4.26. The Labute approximate surface area is 78.7 Å². The summed E-state index contributed by atoms with van der Waals surface area (Å²) in [5, 5.41) is 1.95. The SMILES string of the molecule is CNC(=O)C1(C(F)(F)F)CC[C@H](F)C1. The van der Waals surface area contributed by atoms with Gasteiger partial charge in [0.2, 0.25) is 5.91 Å². The van der Waals surface area contributed by atoms with Gasteiger partial charge in [-0.3, -0.25) is 4.79 Å². The highest BCUT2D eigenvalue weighted by Crippen LogP contribution is 2.51. The molecule has 2 nitrogen and oxygen atoms in total. The van der Waals surface area contributed by atoms with E-state index in [4.69, 9.17) is 0 Å². The van der Waals surface area contributed by atoms with E-state index in [-0.39, 0.29) is 6.42 Å². The van der Waals surface area contributed by atoms with Gasteiger partial charge in [-0.05, 0) is 12.8 Å². The first kappa shape index (κ1) is 11.3. The highest BCUT2D eigenvalue weighted by atomic mass is 19.4. The second-order valence-electron chi connectivity index (χ2n) is 3.50. The summed E-state index contributed by atoms with van der Waals surface area (Å²) in [6.07, 6.45) is -7.62. The summed E-state index contributed by atoms with van der Waals surface area (Å²) in [6, 6.07) is 0. The van der Waals surface area contributed by atoms with E-state index in [0.717, 1.165) is 7.05 Å². The molecule has 0 radical (unpaired) electrons. The van der Waals surface area contributed by atoms with Gasteiger partial charge in [-0.15, -0.1) is 0 Å². The fourth-order valence-corrected chi connectivity index (χ4v) is 1.82. The minimum absolute atomic E-state index is 0.201. The molecule has 1 unspecified atom stereocenters.